The van der Waals surface area contributed by atoms with E-state index in [2.05, 4.69) is 15.4 Å². The molecule has 40 heavy (non-hydrogen) atoms. The monoisotopic (exact) mass is 561 g/mol. The molecule has 0 radical (unpaired) electrons. The number of nitrogens with one attached hydrogen (secondary N) is 1. The molecule has 1 unspecified atom stereocenters. The van der Waals surface area contributed by atoms with Crippen LogP contribution >= 0.6 is 0 Å². The number of aromatic nitrogens is 3. The van der Waals surface area contributed by atoms with E-state index in [1.807, 2.05) is 0 Å². The SMILES string of the molecule is Cc1cc(C(F)(F)F)nn1CC(=O)NC(Cc1cc(F)cc(F)c1)c1ncccc1-c1ccc(F)c(C(N)=O)c1. The topological polar surface area (TPSA) is 103 Å². The van der Waals surface area contributed by atoms with Crippen molar-refractivity contribution in [3.05, 3.63) is 106 Å². The Bertz CT molecular complexity index is 1560. The normalized spacial score (nSPS) is 12.3. The van der Waals surface area contributed by atoms with Crippen molar-refractivity contribution in [2.45, 2.75) is 32.1 Å². The van der Waals surface area contributed by atoms with Crippen molar-refractivity contribution < 1.29 is 35.9 Å². The molecule has 0 spiro atoms. The van der Waals surface area contributed by atoms with Crippen LogP contribution in [0.2, 0.25) is 0 Å². The quantitative estimate of drug-likeness (QED) is 0.299. The number of hydrogen-bond acceptors (Lipinski definition) is 4. The van der Waals surface area contributed by atoms with E-state index >= 15 is 0 Å². The second-order valence-electron chi connectivity index (χ2n) is 8.92. The van der Waals surface area contributed by atoms with Gasteiger partial charge >= 0.3 is 6.18 Å². The van der Waals surface area contributed by atoms with E-state index < -0.39 is 59.3 Å². The number of amides is 2. The number of nitrogens with zero attached hydrogens (tertiary/aromatic N) is 3. The van der Waals surface area contributed by atoms with Crippen molar-refractivity contribution in [1.82, 2.24) is 20.1 Å². The number of carbonyl (C=O) groups is 2. The van der Waals surface area contributed by atoms with Gasteiger partial charge in [-0.2, -0.15) is 18.3 Å². The lowest BCUT2D eigenvalue weighted by molar-refractivity contribution is -0.141. The highest BCUT2D eigenvalue weighted by molar-refractivity contribution is 5.94. The Labute approximate surface area is 223 Å². The summed E-state index contributed by atoms with van der Waals surface area (Å²) >= 11 is 0. The number of carbonyl (C=O) groups excluding carboxylic acids is 2. The predicted octanol–water partition coefficient (Wildman–Crippen LogP) is 4.89. The maximum Gasteiger partial charge on any atom is 0.435 e. The molecule has 0 saturated carbocycles. The van der Waals surface area contributed by atoms with E-state index in [0.717, 1.165) is 28.9 Å². The van der Waals surface area contributed by atoms with Crippen molar-refractivity contribution in [3.63, 3.8) is 0 Å². The van der Waals surface area contributed by atoms with Gasteiger partial charge in [0.15, 0.2) is 5.69 Å². The third-order valence-corrected chi connectivity index (χ3v) is 5.97. The van der Waals surface area contributed by atoms with Gasteiger partial charge in [0.05, 0.1) is 17.3 Å². The number of alkyl halides is 3. The highest BCUT2D eigenvalue weighted by atomic mass is 19.4. The minimum atomic E-state index is -4.71. The maximum atomic E-state index is 14.1. The van der Waals surface area contributed by atoms with Crippen molar-refractivity contribution in [3.8, 4) is 11.1 Å². The molecule has 208 valence electrons. The molecule has 7 nitrogen and oxygen atoms in total. The highest BCUT2D eigenvalue weighted by Gasteiger charge is 2.34. The molecule has 2 amide bonds. The summed E-state index contributed by atoms with van der Waals surface area (Å²) in [6, 6.07) is 9.21. The van der Waals surface area contributed by atoms with E-state index in [4.69, 9.17) is 5.73 Å². The Morgan fingerprint density at radius 3 is 2.35 bits per heavy atom. The summed E-state index contributed by atoms with van der Waals surface area (Å²) in [6.07, 6.45) is -3.51. The van der Waals surface area contributed by atoms with E-state index in [0.29, 0.717) is 17.2 Å². The Hall–Kier alpha value is -4.68. The Kier molecular flexibility index (Phi) is 7.93. The molecule has 1 atom stereocenters. The fraction of sp³-hybridized carbons (Fsp3) is 0.185. The molecule has 0 aliphatic carbocycles. The van der Waals surface area contributed by atoms with Crippen molar-refractivity contribution in [2.75, 3.05) is 0 Å². The van der Waals surface area contributed by atoms with E-state index in [1.165, 1.54) is 25.3 Å². The average Bonchev–Trinajstić information content (AvgIpc) is 3.23. The number of halogens is 6. The van der Waals surface area contributed by atoms with Crippen LogP contribution in [0.4, 0.5) is 26.3 Å². The summed E-state index contributed by atoms with van der Waals surface area (Å²) in [6.45, 7) is 0.755. The van der Waals surface area contributed by atoms with Gasteiger partial charge in [0.25, 0.3) is 5.91 Å². The Morgan fingerprint density at radius 2 is 1.73 bits per heavy atom. The van der Waals surface area contributed by atoms with Gasteiger partial charge in [0.1, 0.15) is 24.0 Å². The largest absolute Gasteiger partial charge is 0.435 e. The van der Waals surface area contributed by atoms with Crippen LogP contribution < -0.4 is 11.1 Å². The number of hydrogen-bond donors (Lipinski definition) is 2. The predicted molar refractivity (Wildman–Crippen MR) is 131 cm³/mol. The van der Waals surface area contributed by atoms with Gasteiger partial charge in [-0.25, -0.2) is 13.2 Å². The zero-order chi connectivity index (χ0) is 29.2. The number of nitrogens with two attached hydrogens (primary N) is 1. The molecule has 2 heterocycles. The molecule has 2 aromatic heterocycles. The summed E-state index contributed by atoms with van der Waals surface area (Å²) in [5, 5.41) is 6.09. The van der Waals surface area contributed by atoms with Crippen LogP contribution in [0.3, 0.4) is 0 Å². The average molecular weight is 561 g/mol. The van der Waals surface area contributed by atoms with Crippen LogP contribution in [-0.2, 0) is 23.9 Å². The summed E-state index contributed by atoms with van der Waals surface area (Å²) in [5.74, 6) is -4.36. The first kappa shape index (κ1) is 28.3. The molecule has 0 fully saturated rings. The molecule has 0 aliphatic heterocycles. The smallest absolute Gasteiger partial charge is 0.366 e. The number of primary amides is 1. The molecule has 0 bridgehead atoms. The van der Waals surface area contributed by atoms with E-state index in [9.17, 15) is 35.9 Å². The summed E-state index contributed by atoms with van der Waals surface area (Å²) < 4.78 is 82.1. The van der Waals surface area contributed by atoms with Gasteiger partial charge in [-0.15, -0.1) is 0 Å². The Balaban J connectivity index is 1.73. The van der Waals surface area contributed by atoms with Crippen molar-refractivity contribution in [1.29, 1.82) is 0 Å². The minimum Gasteiger partial charge on any atom is -0.366 e. The highest BCUT2D eigenvalue weighted by Crippen LogP contribution is 2.31. The van der Waals surface area contributed by atoms with Crippen LogP contribution in [0, 0.1) is 24.4 Å². The minimum absolute atomic E-state index is 0.0787. The molecule has 4 rings (SSSR count). The van der Waals surface area contributed by atoms with Gasteiger partial charge in [0, 0.05) is 23.5 Å². The summed E-state index contributed by atoms with van der Waals surface area (Å²) in [4.78, 5) is 29.1. The molecule has 0 aliphatic rings. The lowest BCUT2D eigenvalue weighted by atomic mass is 9.94. The first-order chi connectivity index (χ1) is 18.8. The standard InChI is InChI=1S/C27H21F6N5O2/c1-14-7-23(27(31,32)33)37-38(14)13-24(39)36-22(10-15-8-17(28)12-18(29)9-15)25-19(3-2-6-35-25)16-4-5-21(30)20(11-16)26(34)40/h2-9,11-12,22H,10,13H2,1H3,(H2,34,40)(H,36,39). The van der Waals surface area contributed by atoms with E-state index in [-0.39, 0.29) is 23.4 Å². The summed E-state index contributed by atoms with van der Waals surface area (Å²) in [7, 11) is 0. The van der Waals surface area contributed by atoms with Gasteiger partial charge in [-0.1, -0.05) is 12.1 Å². The third-order valence-electron chi connectivity index (χ3n) is 5.97. The second-order valence-corrected chi connectivity index (χ2v) is 8.92. The number of pyridine rings is 1. The Morgan fingerprint density at radius 1 is 1.02 bits per heavy atom. The zero-order valence-corrected chi connectivity index (χ0v) is 20.8. The first-order valence-electron chi connectivity index (χ1n) is 11.7. The number of rotatable bonds is 8. The molecule has 0 saturated heterocycles. The molecule has 2 aromatic carbocycles. The van der Waals surface area contributed by atoms with E-state index in [1.54, 1.807) is 12.1 Å². The third kappa shape index (κ3) is 6.47. The van der Waals surface area contributed by atoms with Crippen LogP contribution in [0.5, 0.6) is 0 Å². The fourth-order valence-corrected chi connectivity index (χ4v) is 4.19. The van der Waals surface area contributed by atoms with Crippen molar-refractivity contribution in [2.24, 2.45) is 5.73 Å². The van der Waals surface area contributed by atoms with Crippen LogP contribution in [0.15, 0.2) is 60.8 Å². The fourth-order valence-electron chi connectivity index (χ4n) is 4.19. The van der Waals surface area contributed by atoms with Crippen LogP contribution in [-0.4, -0.2) is 26.6 Å². The number of aryl methyl sites for hydroxylation is 1. The maximum absolute atomic E-state index is 14.1. The van der Waals surface area contributed by atoms with Crippen LogP contribution in [0.1, 0.15) is 39.0 Å². The molecular formula is C27H21F6N5O2. The second kappa shape index (κ2) is 11.2. The first-order valence-corrected chi connectivity index (χ1v) is 11.7. The number of benzene rings is 2. The van der Waals surface area contributed by atoms with Gasteiger partial charge in [-0.05, 0) is 60.9 Å². The molecule has 13 heteroatoms. The lowest BCUT2D eigenvalue weighted by Gasteiger charge is -2.22. The summed E-state index contributed by atoms with van der Waals surface area (Å²) in [5.41, 5.74) is 4.75. The molecule has 3 N–H and O–H groups in total. The van der Waals surface area contributed by atoms with Crippen molar-refractivity contribution >= 4 is 11.8 Å². The van der Waals surface area contributed by atoms with Crippen LogP contribution in [0.25, 0.3) is 11.1 Å². The zero-order valence-electron chi connectivity index (χ0n) is 20.8. The molecular weight excluding hydrogens is 540 g/mol. The molecule has 4 aromatic rings. The van der Waals surface area contributed by atoms with Gasteiger partial charge in [-0.3, -0.25) is 19.3 Å². The van der Waals surface area contributed by atoms with Gasteiger partial charge < -0.3 is 11.1 Å². The lowest BCUT2D eigenvalue weighted by Crippen LogP contribution is -2.34. The van der Waals surface area contributed by atoms with Gasteiger partial charge in [0.2, 0.25) is 5.91 Å².